The summed E-state index contributed by atoms with van der Waals surface area (Å²) in [6.45, 7) is 3.94. The fraction of sp³-hybridized carbons (Fsp3) is 0.571. The van der Waals surface area contributed by atoms with Crippen LogP contribution in [-0.4, -0.2) is 43.4 Å². The third kappa shape index (κ3) is 3.37. The minimum atomic E-state index is -0.0109. The van der Waals surface area contributed by atoms with Gasteiger partial charge < -0.3 is 14.6 Å². The van der Waals surface area contributed by atoms with E-state index in [2.05, 4.69) is 4.90 Å². The molecule has 0 saturated carbocycles. The first-order chi connectivity index (χ1) is 8.83. The van der Waals surface area contributed by atoms with Gasteiger partial charge in [0.15, 0.2) is 0 Å². The molecule has 0 aromatic heterocycles. The number of ether oxygens (including phenoxy) is 2. The highest BCUT2D eigenvalue weighted by Gasteiger charge is 2.11. The average Bonchev–Trinajstić information content (AvgIpc) is 2.92. The van der Waals surface area contributed by atoms with Crippen LogP contribution in [0.2, 0.25) is 0 Å². The lowest BCUT2D eigenvalue weighted by Gasteiger charge is -2.16. The lowest BCUT2D eigenvalue weighted by molar-refractivity contribution is 0.226. The molecule has 1 aromatic carbocycles. The topological polar surface area (TPSA) is 41.9 Å². The zero-order valence-corrected chi connectivity index (χ0v) is 10.9. The van der Waals surface area contributed by atoms with Crippen molar-refractivity contribution in [2.75, 3.05) is 33.4 Å². The van der Waals surface area contributed by atoms with Crippen LogP contribution in [0.4, 0.5) is 0 Å². The van der Waals surface area contributed by atoms with E-state index in [1.165, 1.54) is 25.9 Å². The molecular weight excluding hydrogens is 230 g/mol. The molecule has 0 bridgehead atoms. The number of nitrogens with zero attached hydrogens (tertiary/aromatic N) is 1. The summed E-state index contributed by atoms with van der Waals surface area (Å²) in [5.74, 6) is 1.47. The smallest absolute Gasteiger partial charge is 0.128 e. The lowest BCUT2D eigenvalue weighted by atomic mass is 10.2. The third-order valence-electron chi connectivity index (χ3n) is 3.31. The summed E-state index contributed by atoms with van der Waals surface area (Å²) in [5, 5.41) is 9.26. The van der Waals surface area contributed by atoms with Crippen LogP contribution in [0.1, 0.15) is 18.4 Å². The molecule has 0 radical (unpaired) electrons. The van der Waals surface area contributed by atoms with Gasteiger partial charge in [-0.15, -0.1) is 0 Å². The number of aliphatic hydroxyl groups excluding tert-OH is 1. The van der Waals surface area contributed by atoms with E-state index in [0.717, 1.165) is 23.6 Å². The Morgan fingerprint density at radius 2 is 2.06 bits per heavy atom. The van der Waals surface area contributed by atoms with E-state index < -0.39 is 0 Å². The van der Waals surface area contributed by atoms with Crippen LogP contribution in [0.3, 0.4) is 0 Å². The van der Waals surface area contributed by atoms with Crippen LogP contribution in [0, 0.1) is 0 Å². The van der Waals surface area contributed by atoms with E-state index >= 15 is 0 Å². The first-order valence-corrected chi connectivity index (χ1v) is 6.46. The maximum absolute atomic E-state index is 9.26. The van der Waals surface area contributed by atoms with E-state index in [1.54, 1.807) is 7.11 Å². The molecule has 1 N–H and O–H groups in total. The van der Waals surface area contributed by atoms with Gasteiger partial charge in [-0.1, -0.05) is 0 Å². The van der Waals surface area contributed by atoms with Crippen molar-refractivity contribution in [2.24, 2.45) is 0 Å². The fourth-order valence-electron chi connectivity index (χ4n) is 2.22. The van der Waals surface area contributed by atoms with Crippen LogP contribution < -0.4 is 9.47 Å². The summed E-state index contributed by atoms with van der Waals surface area (Å²) in [6.07, 6.45) is 2.59. The number of aliphatic hydroxyl groups is 1. The van der Waals surface area contributed by atoms with Crippen molar-refractivity contribution < 1.29 is 14.6 Å². The van der Waals surface area contributed by atoms with Crippen molar-refractivity contribution in [1.82, 2.24) is 4.90 Å². The van der Waals surface area contributed by atoms with E-state index in [9.17, 15) is 5.11 Å². The highest BCUT2D eigenvalue weighted by molar-refractivity contribution is 5.40. The van der Waals surface area contributed by atoms with Crippen LogP contribution in [0.25, 0.3) is 0 Å². The fourth-order valence-corrected chi connectivity index (χ4v) is 2.22. The standard InChI is InChI=1S/C14H21NO3/c1-17-13-5-4-12(11-16)14(10-13)18-9-8-15-6-2-3-7-15/h4-5,10,16H,2-3,6-9,11H2,1H3. The Balaban J connectivity index is 1.89. The van der Waals surface area contributed by atoms with E-state index in [0.29, 0.717) is 6.61 Å². The summed E-state index contributed by atoms with van der Waals surface area (Å²) in [6, 6.07) is 5.50. The molecule has 0 amide bonds. The lowest BCUT2D eigenvalue weighted by Crippen LogP contribution is -2.25. The quantitative estimate of drug-likeness (QED) is 0.835. The molecule has 1 saturated heterocycles. The van der Waals surface area contributed by atoms with Gasteiger partial charge in [0.25, 0.3) is 0 Å². The minimum Gasteiger partial charge on any atom is -0.497 e. The molecule has 0 atom stereocenters. The van der Waals surface area contributed by atoms with E-state index in [1.807, 2.05) is 18.2 Å². The van der Waals surface area contributed by atoms with Crippen LogP contribution >= 0.6 is 0 Å². The van der Waals surface area contributed by atoms with Gasteiger partial charge in [-0.2, -0.15) is 0 Å². The predicted molar refractivity (Wildman–Crippen MR) is 70.1 cm³/mol. The molecule has 100 valence electrons. The zero-order valence-electron chi connectivity index (χ0n) is 10.9. The Hall–Kier alpha value is -1.26. The largest absolute Gasteiger partial charge is 0.497 e. The first-order valence-electron chi connectivity index (χ1n) is 6.46. The summed E-state index contributed by atoms with van der Waals surface area (Å²) >= 11 is 0. The van der Waals surface area contributed by atoms with Gasteiger partial charge in [-0.05, 0) is 38.1 Å². The molecule has 1 aromatic rings. The molecule has 4 nitrogen and oxygen atoms in total. The van der Waals surface area contributed by atoms with Gasteiger partial charge in [0.05, 0.1) is 13.7 Å². The number of hydrogen-bond acceptors (Lipinski definition) is 4. The molecule has 1 aliphatic heterocycles. The van der Waals surface area contributed by atoms with Crippen LogP contribution in [0.5, 0.6) is 11.5 Å². The van der Waals surface area contributed by atoms with Crippen LogP contribution in [0.15, 0.2) is 18.2 Å². The van der Waals surface area contributed by atoms with Gasteiger partial charge >= 0.3 is 0 Å². The second-order valence-electron chi connectivity index (χ2n) is 4.53. The summed E-state index contributed by atoms with van der Waals surface area (Å²) < 4.78 is 10.9. The summed E-state index contributed by atoms with van der Waals surface area (Å²) in [7, 11) is 1.63. The van der Waals surface area contributed by atoms with Crippen molar-refractivity contribution >= 4 is 0 Å². The number of hydrogen-bond donors (Lipinski definition) is 1. The van der Waals surface area contributed by atoms with Crippen molar-refractivity contribution in [3.63, 3.8) is 0 Å². The molecule has 18 heavy (non-hydrogen) atoms. The van der Waals surface area contributed by atoms with Crippen molar-refractivity contribution in [3.05, 3.63) is 23.8 Å². The highest BCUT2D eigenvalue weighted by Crippen LogP contribution is 2.24. The number of rotatable bonds is 6. The summed E-state index contributed by atoms with van der Waals surface area (Å²) in [4.78, 5) is 2.40. The molecule has 1 aliphatic rings. The van der Waals surface area contributed by atoms with Gasteiger partial charge in [0, 0.05) is 18.2 Å². The second kappa shape index (κ2) is 6.61. The molecule has 0 spiro atoms. The van der Waals surface area contributed by atoms with Crippen molar-refractivity contribution in [1.29, 1.82) is 0 Å². The SMILES string of the molecule is COc1ccc(CO)c(OCCN2CCCC2)c1. The number of benzene rings is 1. The van der Waals surface area contributed by atoms with Crippen molar-refractivity contribution in [3.8, 4) is 11.5 Å². The van der Waals surface area contributed by atoms with Gasteiger partial charge in [0.1, 0.15) is 18.1 Å². The van der Waals surface area contributed by atoms with E-state index in [4.69, 9.17) is 9.47 Å². The molecular formula is C14H21NO3. The predicted octanol–water partition coefficient (Wildman–Crippen LogP) is 1.66. The second-order valence-corrected chi connectivity index (χ2v) is 4.53. The molecule has 1 fully saturated rings. The molecule has 0 unspecified atom stereocenters. The normalized spacial score (nSPS) is 15.9. The van der Waals surface area contributed by atoms with Crippen molar-refractivity contribution in [2.45, 2.75) is 19.4 Å². The number of likely N-dealkylation sites (tertiary alicyclic amines) is 1. The Labute approximate surface area is 108 Å². The summed E-state index contributed by atoms with van der Waals surface area (Å²) in [5.41, 5.74) is 0.803. The maximum atomic E-state index is 9.26. The average molecular weight is 251 g/mol. The monoisotopic (exact) mass is 251 g/mol. The van der Waals surface area contributed by atoms with Crippen LogP contribution in [-0.2, 0) is 6.61 Å². The highest BCUT2D eigenvalue weighted by atomic mass is 16.5. The molecule has 4 heteroatoms. The number of methoxy groups -OCH3 is 1. The third-order valence-corrected chi connectivity index (χ3v) is 3.31. The molecule has 1 heterocycles. The Morgan fingerprint density at radius 3 is 2.72 bits per heavy atom. The minimum absolute atomic E-state index is 0.0109. The van der Waals surface area contributed by atoms with Gasteiger partial charge in [-0.25, -0.2) is 0 Å². The maximum Gasteiger partial charge on any atom is 0.128 e. The van der Waals surface area contributed by atoms with Gasteiger partial charge in [0.2, 0.25) is 0 Å². The molecule has 0 aliphatic carbocycles. The van der Waals surface area contributed by atoms with Gasteiger partial charge in [-0.3, -0.25) is 4.90 Å². The zero-order chi connectivity index (χ0) is 12.8. The Morgan fingerprint density at radius 1 is 1.28 bits per heavy atom. The Kier molecular flexibility index (Phi) is 4.84. The first kappa shape index (κ1) is 13.2. The van der Waals surface area contributed by atoms with E-state index in [-0.39, 0.29) is 6.61 Å². The Bertz CT molecular complexity index is 375. The molecule has 2 rings (SSSR count).